The molecule has 1 amide bonds. The number of thiazole rings is 1. The van der Waals surface area contributed by atoms with E-state index in [1.54, 1.807) is 6.07 Å². The number of hydrogen-bond donors (Lipinski definition) is 1. The fraction of sp³-hybridized carbons (Fsp3) is 0.444. The molecule has 2 aromatic heterocycles. The molecule has 2 aromatic rings. The van der Waals surface area contributed by atoms with Gasteiger partial charge in [0.2, 0.25) is 5.91 Å². The van der Waals surface area contributed by atoms with E-state index in [9.17, 15) is 9.59 Å². The third kappa shape index (κ3) is 4.09. The van der Waals surface area contributed by atoms with E-state index in [4.69, 9.17) is 12.2 Å². The third-order valence-electron chi connectivity index (χ3n) is 4.93. The lowest BCUT2D eigenvalue weighted by Gasteiger charge is -2.43. The molecule has 142 valence electrons. The number of fused-ring (bicyclic) bond motifs is 4. The molecule has 0 saturated carbocycles. The van der Waals surface area contributed by atoms with Crippen LogP contribution in [0.2, 0.25) is 0 Å². The zero-order valence-electron chi connectivity index (χ0n) is 14.9. The Balaban J connectivity index is 1.35. The van der Waals surface area contributed by atoms with Crippen molar-refractivity contribution in [1.82, 2.24) is 14.5 Å². The van der Waals surface area contributed by atoms with Crippen molar-refractivity contribution in [1.29, 1.82) is 0 Å². The van der Waals surface area contributed by atoms with Gasteiger partial charge in [-0.25, -0.2) is 4.98 Å². The van der Waals surface area contributed by atoms with E-state index in [2.05, 4.69) is 15.2 Å². The minimum Gasteiger partial charge on any atom is -0.356 e. The second-order valence-corrected chi connectivity index (χ2v) is 9.47. The van der Waals surface area contributed by atoms with Crippen LogP contribution in [0.25, 0.3) is 0 Å². The van der Waals surface area contributed by atoms with E-state index >= 15 is 0 Å². The number of thioether (sulfide) groups is 1. The van der Waals surface area contributed by atoms with E-state index < -0.39 is 0 Å². The molecule has 6 nitrogen and oxygen atoms in total. The van der Waals surface area contributed by atoms with Gasteiger partial charge in [-0.2, -0.15) is 0 Å². The first-order chi connectivity index (χ1) is 13.0. The minimum absolute atomic E-state index is 0.0849. The van der Waals surface area contributed by atoms with Crippen molar-refractivity contribution >= 4 is 50.7 Å². The normalized spacial score (nSPS) is 20.9. The van der Waals surface area contributed by atoms with Crippen molar-refractivity contribution in [3.8, 4) is 0 Å². The zero-order valence-corrected chi connectivity index (χ0v) is 17.3. The van der Waals surface area contributed by atoms with Crippen molar-refractivity contribution in [2.24, 2.45) is 5.92 Å². The van der Waals surface area contributed by atoms with Crippen molar-refractivity contribution in [2.75, 3.05) is 24.2 Å². The van der Waals surface area contributed by atoms with Crippen molar-refractivity contribution < 1.29 is 4.79 Å². The fourth-order valence-electron chi connectivity index (χ4n) is 3.83. The monoisotopic (exact) mass is 420 g/mol. The molecule has 1 fully saturated rings. The molecule has 27 heavy (non-hydrogen) atoms. The van der Waals surface area contributed by atoms with E-state index in [-0.39, 0.29) is 17.2 Å². The van der Waals surface area contributed by atoms with Crippen LogP contribution in [0.15, 0.2) is 28.4 Å². The SMILES string of the molecule is Cc1csc(NC(=O)CSC(=S)N2C[C@H]3C[C@H](C2)c2cccc(=O)n2C3)n1. The molecule has 2 aliphatic rings. The van der Waals surface area contributed by atoms with Crippen LogP contribution in [0.3, 0.4) is 0 Å². The van der Waals surface area contributed by atoms with Gasteiger partial charge >= 0.3 is 0 Å². The molecule has 2 atom stereocenters. The molecular formula is C18H20N4O2S3. The summed E-state index contributed by atoms with van der Waals surface area (Å²) in [5, 5.41) is 5.34. The van der Waals surface area contributed by atoms with Gasteiger partial charge in [0.1, 0.15) is 4.32 Å². The number of aromatic nitrogens is 2. The zero-order chi connectivity index (χ0) is 19.0. The Morgan fingerprint density at radius 3 is 3.04 bits per heavy atom. The number of likely N-dealkylation sites (tertiary alicyclic amines) is 1. The van der Waals surface area contributed by atoms with Crippen molar-refractivity contribution in [3.63, 3.8) is 0 Å². The summed E-state index contributed by atoms with van der Waals surface area (Å²) >= 11 is 8.41. The van der Waals surface area contributed by atoms with Crippen molar-refractivity contribution in [2.45, 2.75) is 25.8 Å². The number of nitrogens with zero attached hydrogens (tertiary/aromatic N) is 3. The molecule has 1 N–H and O–H groups in total. The highest BCUT2D eigenvalue weighted by Crippen LogP contribution is 2.36. The second kappa shape index (κ2) is 7.73. The highest BCUT2D eigenvalue weighted by atomic mass is 32.2. The molecule has 0 aromatic carbocycles. The predicted molar refractivity (Wildman–Crippen MR) is 114 cm³/mol. The number of carbonyl (C=O) groups excluding carboxylic acids is 1. The van der Waals surface area contributed by atoms with E-state index in [1.165, 1.54) is 23.1 Å². The summed E-state index contributed by atoms with van der Waals surface area (Å²) in [6.45, 7) is 4.30. The third-order valence-corrected chi connectivity index (χ3v) is 7.33. The maximum atomic E-state index is 12.1. The fourth-order valence-corrected chi connectivity index (χ4v) is 5.52. The maximum absolute atomic E-state index is 12.1. The van der Waals surface area contributed by atoms with Crippen LogP contribution in [0.1, 0.15) is 23.7 Å². The number of pyridine rings is 1. The number of piperidine rings is 1. The van der Waals surface area contributed by atoms with Crippen LogP contribution in [-0.2, 0) is 11.3 Å². The molecule has 4 heterocycles. The van der Waals surface area contributed by atoms with Gasteiger partial charge in [0.25, 0.3) is 5.56 Å². The van der Waals surface area contributed by atoms with Crippen LogP contribution < -0.4 is 10.9 Å². The first-order valence-electron chi connectivity index (χ1n) is 8.83. The largest absolute Gasteiger partial charge is 0.356 e. The van der Waals surface area contributed by atoms with Gasteiger partial charge in [0.15, 0.2) is 5.13 Å². The average molecular weight is 421 g/mol. The lowest BCUT2D eigenvalue weighted by atomic mass is 9.83. The molecule has 2 aliphatic heterocycles. The lowest BCUT2D eigenvalue weighted by Crippen LogP contribution is -2.48. The van der Waals surface area contributed by atoms with Gasteiger partial charge in [-0.3, -0.25) is 9.59 Å². The summed E-state index contributed by atoms with van der Waals surface area (Å²) in [6.07, 6.45) is 1.09. The second-order valence-electron chi connectivity index (χ2n) is 7.00. The molecular weight excluding hydrogens is 400 g/mol. The topological polar surface area (TPSA) is 67.2 Å². The van der Waals surface area contributed by atoms with Gasteiger partial charge in [0, 0.05) is 42.7 Å². The van der Waals surface area contributed by atoms with Crippen LogP contribution in [0.5, 0.6) is 0 Å². The van der Waals surface area contributed by atoms with E-state index in [0.717, 1.165) is 41.8 Å². The molecule has 0 radical (unpaired) electrons. The number of thiocarbonyl (C=S) groups is 1. The van der Waals surface area contributed by atoms with Gasteiger partial charge in [-0.15, -0.1) is 11.3 Å². The van der Waals surface area contributed by atoms with Gasteiger partial charge in [-0.1, -0.05) is 30.0 Å². The molecule has 1 saturated heterocycles. The summed E-state index contributed by atoms with van der Waals surface area (Å²) < 4.78 is 2.66. The number of rotatable bonds is 3. The maximum Gasteiger partial charge on any atom is 0.250 e. The first kappa shape index (κ1) is 18.6. The Morgan fingerprint density at radius 1 is 1.41 bits per heavy atom. The van der Waals surface area contributed by atoms with E-state index in [0.29, 0.717) is 17.0 Å². The van der Waals surface area contributed by atoms with Gasteiger partial charge in [-0.05, 0) is 25.3 Å². The Bertz CT molecular complexity index is 939. The minimum atomic E-state index is -0.0919. The number of anilines is 1. The first-order valence-corrected chi connectivity index (χ1v) is 11.1. The highest BCUT2D eigenvalue weighted by Gasteiger charge is 2.35. The summed E-state index contributed by atoms with van der Waals surface area (Å²) in [7, 11) is 0. The number of aryl methyl sites for hydroxylation is 1. The molecule has 0 unspecified atom stereocenters. The van der Waals surface area contributed by atoms with Crippen LogP contribution >= 0.6 is 35.3 Å². The number of hydrogen-bond acceptors (Lipinski definition) is 6. The van der Waals surface area contributed by atoms with Gasteiger partial charge < -0.3 is 14.8 Å². The van der Waals surface area contributed by atoms with Crippen LogP contribution in [0, 0.1) is 12.8 Å². The summed E-state index contributed by atoms with van der Waals surface area (Å²) in [4.78, 5) is 30.7. The molecule has 0 aliphatic carbocycles. The Hall–Kier alpha value is -1.71. The number of nitrogens with one attached hydrogen (secondary N) is 1. The molecule has 4 rings (SSSR count). The smallest absolute Gasteiger partial charge is 0.250 e. The lowest BCUT2D eigenvalue weighted by molar-refractivity contribution is -0.113. The van der Waals surface area contributed by atoms with E-state index in [1.807, 2.05) is 29.0 Å². The summed E-state index contributed by atoms with van der Waals surface area (Å²) in [5.41, 5.74) is 2.09. The Morgan fingerprint density at radius 2 is 2.26 bits per heavy atom. The average Bonchev–Trinajstić information content (AvgIpc) is 3.05. The number of carbonyl (C=O) groups is 1. The van der Waals surface area contributed by atoms with Gasteiger partial charge in [0.05, 0.1) is 11.4 Å². The molecule has 9 heteroatoms. The Labute approximate surface area is 171 Å². The Kier molecular flexibility index (Phi) is 5.34. The van der Waals surface area contributed by atoms with Crippen LogP contribution in [-0.4, -0.2) is 43.5 Å². The van der Waals surface area contributed by atoms with Crippen molar-refractivity contribution in [3.05, 3.63) is 45.3 Å². The summed E-state index contributed by atoms with van der Waals surface area (Å²) in [5.74, 6) is 0.921. The van der Waals surface area contributed by atoms with Crippen LogP contribution in [0.4, 0.5) is 5.13 Å². The highest BCUT2D eigenvalue weighted by molar-refractivity contribution is 8.23. The standard InChI is InChI=1S/C18H20N4O2S3/c1-11-9-26-17(19-11)20-15(23)10-27-18(25)21-6-12-5-13(8-21)14-3-2-4-16(24)22(14)7-12/h2-4,9,12-13H,5-8,10H2,1H3,(H,19,20,23)/t12-,13-/m1/s1. The quantitative estimate of drug-likeness (QED) is 0.770. The predicted octanol–water partition coefficient (Wildman–Crippen LogP) is 2.69. The molecule has 2 bridgehead atoms. The number of amides is 1. The molecule has 0 spiro atoms. The summed E-state index contributed by atoms with van der Waals surface area (Å²) in [6, 6.07) is 5.52.